The number of carbonyl (C=O) groups excluding carboxylic acids is 1. The van der Waals surface area contributed by atoms with Gasteiger partial charge in [0.25, 0.3) is 0 Å². The number of aromatic hydroxyl groups is 1. The number of Topliss-reactive ketones (excluding diaryl/α,β-unsaturated/α-hetero) is 1. The minimum absolute atomic E-state index is 0.0190. The van der Waals surface area contributed by atoms with Crippen LogP contribution in [0, 0.1) is 3.57 Å². The Morgan fingerprint density at radius 3 is 3.00 bits per heavy atom. The van der Waals surface area contributed by atoms with Crippen LogP contribution in [-0.4, -0.2) is 20.4 Å². The van der Waals surface area contributed by atoms with Gasteiger partial charge in [0, 0.05) is 16.0 Å². The van der Waals surface area contributed by atoms with Crippen molar-refractivity contribution in [2.24, 2.45) is 0 Å². The highest BCUT2D eigenvalue weighted by Crippen LogP contribution is 2.20. The number of hydrogen-bond acceptors (Lipinski definition) is 3. The summed E-state index contributed by atoms with van der Waals surface area (Å²) in [6, 6.07) is 4.96. The molecule has 0 saturated heterocycles. The van der Waals surface area contributed by atoms with Crippen molar-refractivity contribution < 1.29 is 9.90 Å². The molecule has 0 atom stereocenters. The summed E-state index contributed by atoms with van der Waals surface area (Å²) in [5, 5.41) is 9.58. The van der Waals surface area contributed by atoms with Crippen molar-refractivity contribution in [3.63, 3.8) is 0 Å². The van der Waals surface area contributed by atoms with Crippen molar-refractivity contribution in [3.8, 4) is 5.75 Å². The summed E-state index contributed by atoms with van der Waals surface area (Å²) in [6.45, 7) is 0.188. The van der Waals surface area contributed by atoms with Crippen LogP contribution in [0.4, 0.5) is 0 Å². The Hall–Kier alpha value is -1.37. The molecule has 0 spiro atoms. The van der Waals surface area contributed by atoms with Gasteiger partial charge in [-0.15, -0.1) is 0 Å². The molecule has 2 rings (SSSR count). The van der Waals surface area contributed by atoms with Crippen molar-refractivity contribution in [1.29, 1.82) is 0 Å². The highest BCUT2D eigenvalue weighted by atomic mass is 127. The molecule has 1 N–H and O–H groups in total. The SMILES string of the molecule is O=C(Cn1ccnc1)c1cc(I)ccc1O. The van der Waals surface area contributed by atoms with E-state index in [1.165, 1.54) is 6.07 Å². The zero-order valence-corrected chi connectivity index (χ0v) is 10.5. The van der Waals surface area contributed by atoms with E-state index in [4.69, 9.17) is 0 Å². The third kappa shape index (κ3) is 2.41. The van der Waals surface area contributed by atoms with E-state index in [0.717, 1.165) is 3.57 Å². The molecule has 1 aromatic carbocycles. The van der Waals surface area contributed by atoms with Crippen molar-refractivity contribution in [2.45, 2.75) is 6.54 Å². The van der Waals surface area contributed by atoms with Gasteiger partial charge in [-0.25, -0.2) is 4.98 Å². The molecule has 0 aliphatic heterocycles. The number of phenolic OH excluding ortho intramolecular Hbond substituents is 1. The van der Waals surface area contributed by atoms with Crippen LogP contribution < -0.4 is 0 Å². The van der Waals surface area contributed by atoms with Gasteiger partial charge >= 0.3 is 0 Å². The molecule has 0 aliphatic carbocycles. The van der Waals surface area contributed by atoms with E-state index in [1.54, 1.807) is 35.4 Å². The van der Waals surface area contributed by atoms with E-state index in [9.17, 15) is 9.90 Å². The van der Waals surface area contributed by atoms with Crippen LogP contribution in [0.5, 0.6) is 5.75 Å². The summed E-state index contributed by atoms with van der Waals surface area (Å²) in [5.74, 6) is -0.112. The van der Waals surface area contributed by atoms with Crippen LogP contribution >= 0.6 is 22.6 Å². The molecule has 4 nitrogen and oxygen atoms in total. The summed E-state index contributed by atoms with van der Waals surface area (Å²) >= 11 is 2.10. The molecule has 0 fully saturated rings. The third-order valence-electron chi connectivity index (χ3n) is 2.14. The molecule has 0 amide bonds. The van der Waals surface area contributed by atoms with Crippen molar-refractivity contribution in [3.05, 3.63) is 46.1 Å². The molecule has 0 bridgehead atoms. The van der Waals surface area contributed by atoms with Crippen molar-refractivity contribution in [2.75, 3.05) is 0 Å². The van der Waals surface area contributed by atoms with Gasteiger partial charge in [-0.1, -0.05) is 0 Å². The van der Waals surface area contributed by atoms with Gasteiger partial charge in [0.05, 0.1) is 18.4 Å². The minimum Gasteiger partial charge on any atom is -0.507 e. The summed E-state index contributed by atoms with van der Waals surface area (Å²) in [5.41, 5.74) is 0.348. The Bertz CT molecular complexity index is 509. The van der Waals surface area contributed by atoms with Crippen molar-refractivity contribution in [1.82, 2.24) is 9.55 Å². The molecule has 0 saturated carbocycles. The molecule has 0 aliphatic rings. The quantitative estimate of drug-likeness (QED) is 0.693. The van der Waals surface area contributed by atoms with E-state index in [-0.39, 0.29) is 18.1 Å². The first-order valence-electron chi connectivity index (χ1n) is 4.64. The smallest absolute Gasteiger partial charge is 0.186 e. The van der Waals surface area contributed by atoms with Gasteiger partial charge in [-0.2, -0.15) is 0 Å². The summed E-state index contributed by atoms with van der Waals surface area (Å²) in [4.78, 5) is 15.7. The number of rotatable bonds is 3. The number of nitrogens with zero attached hydrogens (tertiary/aromatic N) is 2. The van der Waals surface area contributed by atoms with Crippen LogP contribution in [0.15, 0.2) is 36.9 Å². The Morgan fingerprint density at radius 2 is 2.31 bits per heavy atom. The van der Waals surface area contributed by atoms with Crippen molar-refractivity contribution >= 4 is 28.4 Å². The largest absolute Gasteiger partial charge is 0.507 e. The maximum absolute atomic E-state index is 11.9. The monoisotopic (exact) mass is 328 g/mol. The molecule has 16 heavy (non-hydrogen) atoms. The van der Waals surface area contributed by atoms with Crippen LogP contribution in [-0.2, 0) is 6.54 Å². The zero-order valence-electron chi connectivity index (χ0n) is 8.30. The highest BCUT2D eigenvalue weighted by Gasteiger charge is 2.11. The Labute approximate surface area is 106 Å². The molecule has 0 radical (unpaired) electrons. The van der Waals surface area contributed by atoms with Gasteiger partial charge in [-0.3, -0.25) is 4.79 Å². The molecular formula is C11H9IN2O2. The first kappa shape index (κ1) is 11.1. The Morgan fingerprint density at radius 1 is 1.50 bits per heavy atom. The first-order chi connectivity index (χ1) is 7.66. The molecular weight excluding hydrogens is 319 g/mol. The van der Waals surface area contributed by atoms with E-state index in [1.807, 2.05) is 0 Å². The molecule has 5 heteroatoms. The van der Waals surface area contributed by atoms with Gasteiger partial charge < -0.3 is 9.67 Å². The second kappa shape index (κ2) is 4.65. The minimum atomic E-state index is -0.131. The highest BCUT2D eigenvalue weighted by molar-refractivity contribution is 14.1. The van der Waals surface area contributed by atoms with Gasteiger partial charge in [0.15, 0.2) is 5.78 Å². The lowest BCUT2D eigenvalue weighted by molar-refractivity contribution is 0.0969. The summed E-state index contributed by atoms with van der Waals surface area (Å²) < 4.78 is 2.59. The van der Waals surface area contributed by atoms with Gasteiger partial charge in [0.1, 0.15) is 5.75 Å². The summed E-state index contributed by atoms with van der Waals surface area (Å²) in [6.07, 6.45) is 4.90. The molecule has 1 heterocycles. The predicted molar refractivity (Wildman–Crippen MR) is 67.4 cm³/mol. The zero-order chi connectivity index (χ0) is 11.5. The molecule has 82 valence electrons. The van der Waals surface area contributed by atoms with Gasteiger partial charge in [0.2, 0.25) is 0 Å². The van der Waals surface area contributed by atoms with E-state index in [2.05, 4.69) is 27.6 Å². The second-order valence-electron chi connectivity index (χ2n) is 3.32. The van der Waals surface area contributed by atoms with Gasteiger partial charge in [-0.05, 0) is 40.8 Å². The van der Waals surface area contributed by atoms with E-state index >= 15 is 0 Å². The fraction of sp³-hybridized carbons (Fsp3) is 0.0909. The number of benzene rings is 1. The van der Waals surface area contributed by atoms with Crippen LogP contribution in [0.2, 0.25) is 0 Å². The first-order valence-corrected chi connectivity index (χ1v) is 5.72. The lowest BCUT2D eigenvalue weighted by Crippen LogP contribution is -2.09. The number of halogens is 1. The standard InChI is InChI=1S/C11H9IN2O2/c12-8-1-2-10(15)9(5-8)11(16)6-14-4-3-13-7-14/h1-5,7,15H,6H2. The van der Waals surface area contributed by atoms with Crippen LogP contribution in [0.3, 0.4) is 0 Å². The number of hydrogen-bond donors (Lipinski definition) is 1. The average Bonchev–Trinajstić information content (AvgIpc) is 2.74. The summed E-state index contributed by atoms with van der Waals surface area (Å²) in [7, 11) is 0. The normalized spacial score (nSPS) is 10.3. The Balaban J connectivity index is 2.24. The van der Waals surface area contributed by atoms with Crippen LogP contribution in [0.25, 0.3) is 0 Å². The fourth-order valence-corrected chi connectivity index (χ4v) is 1.85. The molecule has 0 unspecified atom stereocenters. The second-order valence-corrected chi connectivity index (χ2v) is 4.57. The number of imidazole rings is 1. The van der Waals surface area contributed by atoms with E-state index in [0.29, 0.717) is 5.56 Å². The Kier molecular flexibility index (Phi) is 3.23. The lowest BCUT2D eigenvalue weighted by Gasteiger charge is -2.04. The maximum Gasteiger partial charge on any atom is 0.186 e. The van der Waals surface area contributed by atoms with E-state index < -0.39 is 0 Å². The topological polar surface area (TPSA) is 55.1 Å². The predicted octanol–water partition coefficient (Wildman–Crippen LogP) is 2.08. The molecule has 2 aromatic rings. The number of carbonyl (C=O) groups is 1. The lowest BCUT2D eigenvalue weighted by atomic mass is 10.1. The number of ketones is 1. The third-order valence-corrected chi connectivity index (χ3v) is 2.82. The number of aromatic nitrogens is 2. The van der Waals surface area contributed by atoms with Crippen LogP contribution in [0.1, 0.15) is 10.4 Å². The molecule has 1 aromatic heterocycles. The maximum atomic E-state index is 11.9. The average molecular weight is 328 g/mol. The fourth-order valence-electron chi connectivity index (χ4n) is 1.36. The number of phenols is 1.